The lowest BCUT2D eigenvalue weighted by Crippen LogP contribution is -2.34. The Morgan fingerprint density at radius 1 is 1.17 bits per heavy atom. The second-order valence-electron chi connectivity index (χ2n) is 6.73. The lowest BCUT2D eigenvalue weighted by Gasteiger charge is -2.11. The average molecular weight is 463 g/mol. The van der Waals surface area contributed by atoms with Gasteiger partial charge >= 0.3 is 0 Å². The van der Waals surface area contributed by atoms with E-state index in [4.69, 9.17) is 9.15 Å². The van der Waals surface area contributed by atoms with Crippen LogP contribution in [-0.4, -0.2) is 25.2 Å². The number of rotatable bonds is 4. The van der Waals surface area contributed by atoms with E-state index < -0.39 is 17.5 Å². The summed E-state index contributed by atoms with van der Waals surface area (Å²) in [5.74, 6) is -1.93. The van der Waals surface area contributed by atoms with Gasteiger partial charge in [-0.05, 0) is 49.2 Å². The van der Waals surface area contributed by atoms with Gasteiger partial charge in [0.2, 0.25) is 5.55 Å². The summed E-state index contributed by atoms with van der Waals surface area (Å²) >= 11 is 3.39. The molecule has 8 heteroatoms. The number of nitrogens with zero attached hydrogens (tertiary/aromatic N) is 1. The number of carbonyl (C=O) groups excluding carboxylic acids is 1. The Bertz CT molecular complexity index is 1120. The number of nitrogens with one attached hydrogen (secondary N) is 1. The standard InChI is InChI=1S/C21H17BrF2N2O3/c22-13-3-4-19-12(6-13)7-18(20(27)25-11-17-2-1-5-28-17)21(29-19)26-16-9-14(23)8-15(24)10-16/h3-4,6-10,17H,1-2,5,11H2,(H,25,27)/t17-/m1/s1. The summed E-state index contributed by atoms with van der Waals surface area (Å²) in [6.07, 6.45) is 1.82. The van der Waals surface area contributed by atoms with Crippen LogP contribution in [0.3, 0.4) is 0 Å². The molecule has 29 heavy (non-hydrogen) atoms. The zero-order valence-electron chi connectivity index (χ0n) is 15.3. The highest BCUT2D eigenvalue weighted by Gasteiger charge is 2.18. The van der Waals surface area contributed by atoms with Crippen LogP contribution in [0.4, 0.5) is 14.5 Å². The first kappa shape index (κ1) is 19.7. The second kappa shape index (κ2) is 8.42. The van der Waals surface area contributed by atoms with Crippen LogP contribution in [0.5, 0.6) is 0 Å². The molecule has 1 aliphatic rings. The first-order chi connectivity index (χ1) is 14.0. The van der Waals surface area contributed by atoms with E-state index in [-0.39, 0.29) is 22.9 Å². The fourth-order valence-corrected chi connectivity index (χ4v) is 3.55. The molecule has 1 atom stereocenters. The van der Waals surface area contributed by atoms with Crippen molar-refractivity contribution in [3.8, 4) is 0 Å². The maximum atomic E-state index is 13.6. The van der Waals surface area contributed by atoms with Crippen LogP contribution in [0.15, 0.2) is 56.3 Å². The number of hydrogen-bond acceptors (Lipinski definition) is 4. The van der Waals surface area contributed by atoms with Gasteiger partial charge in [-0.15, -0.1) is 0 Å². The molecule has 1 N–H and O–H groups in total. The van der Waals surface area contributed by atoms with Gasteiger partial charge in [0.1, 0.15) is 22.8 Å². The summed E-state index contributed by atoms with van der Waals surface area (Å²) in [4.78, 5) is 17.0. The maximum absolute atomic E-state index is 13.6. The van der Waals surface area contributed by atoms with Crippen LogP contribution < -0.4 is 10.9 Å². The molecule has 3 aromatic rings. The number of hydrogen-bond donors (Lipinski definition) is 1. The normalized spacial score (nSPS) is 17.1. The molecular weight excluding hydrogens is 446 g/mol. The predicted octanol–water partition coefficient (Wildman–Crippen LogP) is 4.61. The van der Waals surface area contributed by atoms with Crippen LogP contribution in [0.2, 0.25) is 0 Å². The van der Waals surface area contributed by atoms with E-state index in [1.165, 1.54) is 0 Å². The molecular formula is C21H17BrF2N2O3. The molecule has 1 amide bonds. The molecule has 150 valence electrons. The average Bonchev–Trinajstić information content (AvgIpc) is 3.18. The van der Waals surface area contributed by atoms with Gasteiger partial charge in [0.25, 0.3) is 5.91 Å². The van der Waals surface area contributed by atoms with Gasteiger partial charge in [-0.25, -0.2) is 13.8 Å². The minimum Gasteiger partial charge on any atom is -0.438 e. The first-order valence-electron chi connectivity index (χ1n) is 9.12. The van der Waals surface area contributed by atoms with Gasteiger partial charge in [-0.1, -0.05) is 15.9 Å². The van der Waals surface area contributed by atoms with Crippen molar-refractivity contribution >= 4 is 38.5 Å². The summed E-state index contributed by atoms with van der Waals surface area (Å²) in [6.45, 7) is 1.05. The molecule has 1 aliphatic heterocycles. The Balaban J connectivity index is 1.77. The van der Waals surface area contributed by atoms with Crippen molar-refractivity contribution in [2.75, 3.05) is 13.2 Å². The number of ether oxygens (including phenoxy) is 1. The molecule has 5 nitrogen and oxygen atoms in total. The van der Waals surface area contributed by atoms with E-state index in [0.29, 0.717) is 24.1 Å². The highest BCUT2D eigenvalue weighted by atomic mass is 79.9. The molecule has 0 bridgehead atoms. The SMILES string of the molecule is O=C(NC[C@H]1CCCO1)c1cc2cc(Br)ccc2oc1=Nc1cc(F)cc(F)c1. The van der Waals surface area contributed by atoms with Crippen molar-refractivity contribution in [2.24, 2.45) is 4.99 Å². The van der Waals surface area contributed by atoms with E-state index in [1.54, 1.807) is 24.3 Å². The molecule has 0 radical (unpaired) electrons. The maximum Gasteiger partial charge on any atom is 0.256 e. The monoisotopic (exact) mass is 462 g/mol. The van der Waals surface area contributed by atoms with Crippen LogP contribution in [0.25, 0.3) is 11.0 Å². The topological polar surface area (TPSA) is 63.8 Å². The van der Waals surface area contributed by atoms with Gasteiger partial charge in [0.15, 0.2) is 0 Å². The van der Waals surface area contributed by atoms with Crippen molar-refractivity contribution in [1.82, 2.24) is 5.32 Å². The van der Waals surface area contributed by atoms with Gasteiger partial charge in [-0.3, -0.25) is 4.79 Å². The fourth-order valence-electron chi connectivity index (χ4n) is 3.18. The highest BCUT2D eigenvalue weighted by Crippen LogP contribution is 2.21. The Hall–Kier alpha value is -2.58. The molecule has 1 aromatic heterocycles. The minimum atomic E-state index is -0.766. The minimum absolute atomic E-state index is 0.0101. The number of halogens is 3. The molecule has 2 heterocycles. The molecule has 2 aromatic carbocycles. The third-order valence-electron chi connectivity index (χ3n) is 4.55. The zero-order valence-corrected chi connectivity index (χ0v) is 16.8. The second-order valence-corrected chi connectivity index (χ2v) is 7.65. The summed E-state index contributed by atoms with van der Waals surface area (Å²) in [5, 5.41) is 3.51. The van der Waals surface area contributed by atoms with Crippen molar-refractivity contribution in [3.05, 3.63) is 69.7 Å². The van der Waals surface area contributed by atoms with Crippen LogP contribution in [0, 0.1) is 11.6 Å². The van der Waals surface area contributed by atoms with Crippen molar-refractivity contribution < 1.29 is 22.7 Å². The van der Waals surface area contributed by atoms with Gasteiger partial charge in [-0.2, -0.15) is 0 Å². The Morgan fingerprint density at radius 3 is 2.69 bits per heavy atom. The molecule has 1 fully saturated rings. The summed E-state index contributed by atoms with van der Waals surface area (Å²) in [5.41, 5.74) is 0.628. The number of fused-ring (bicyclic) bond motifs is 1. The first-order valence-corrected chi connectivity index (χ1v) is 9.91. The van der Waals surface area contributed by atoms with Crippen molar-refractivity contribution in [1.29, 1.82) is 0 Å². The van der Waals surface area contributed by atoms with Crippen LogP contribution >= 0.6 is 15.9 Å². The van der Waals surface area contributed by atoms with E-state index in [1.807, 2.05) is 0 Å². The zero-order chi connectivity index (χ0) is 20.4. The number of benzene rings is 2. The summed E-state index contributed by atoms with van der Waals surface area (Å²) in [7, 11) is 0. The third kappa shape index (κ3) is 4.71. The molecule has 0 spiro atoms. The van der Waals surface area contributed by atoms with Crippen LogP contribution in [0.1, 0.15) is 23.2 Å². The Labute approximate surface area is 173 Å². The molecule has 0 saturated carbocycles. The number of amides is 1. The largest absolute Gasteiger partial charge is 0.438 e. The van der Waals surface area contributed by atoms with Gasteiger partial charge in [0, 0.05) is 29.1 Å². The lowest BCUT2D eigenvalue weighted by atomic mass is 10.1. The Morgan fingerprint density at radius 2 is 1.97 bits per heavy atom. The summed E-state index contributed by atoms with van der Waals surface area (Å²) < 4.78 is 39.3. The van der Waals surface area contributed by atoms with Gasteiger partial charge < -0.3 is 14.5 Å². The molecule has 4 rings (SSSR count). The van der Waals surface area contributed by atoms with Crippen molar-refractivity contribution in [2.45, 2.75) is 18.9 Å². The van der Waals surface area contributed by atoms with E-state index in [0.717, 1.165) is 35.5 Å². The van der Waals surface area contributed by atoms with Crippen molar-refractivity contribution in [3.63, 3.8) is 0 Å². The Kier molecular flexibility index (Phi) is 5.73. The molecule has 1 saturated heterocycles. The molecule has 0 unspecified atom stereocenters. The quantitative estimate of drug-likeness (QED) is 0.615. The predicted molar refractivity (Wildman–Crippen MR) is 107 cm³/mol. The lowest BCUT2D eigenvalue weighted by molar-refractivity contribution is 0.0854. The molecule has 0 aliphatic carbocycles. The third-order valence-corrected chi connectivity index (χ3v) is 5.04. The smallest absolute Gasteiger partial charge is 0.256 e. The fraction of sp³-hybridized carbons (Fsp3) is 0.238. The van der Waals surface area contributed by atoms with E-state index in [9.17, 15) is 13.6 Å². The van der Waals surface area contributed by atoms with Gasteiger partial charge in [0.05, 0.1) is 11.8 Å². The highest BCUT2D eigenvalue weighted by molar-refractivity contribution is 9.10. The summed E-state index contributed by atoms with van der Waals surface area (Å²) in [6, 6.07) is 9.84. The van der Waals surface area contributed by atoms with E-state index in [2.05, 4.69) is 26.2 Å². The number of carbonyl (C=O) groups is 1. The van der Waals surface area contributed by atoms with E-state index >= 15 is 0 Å². The van der Waals surface area contributed by atoms with Crippen LogP contribution in [-0.2, 0) is 4.74 Å².